The molecule has 0 heterocycles. The lowest BCUT2D eigenvalue weighted by atomic mass is 10.3. The minimum absolute atomic E-state index is 0.268. The predicted octanol–water partition coefficient (Wildman–Crippen LogP) is -0.818. The highest BCUT2D eigenvalue weighted by atomic mass is 16.5. The molecule has 0 spiro atoms. The molecule has 0 amide bonds. The molecule has 0 saturated carbocycles. The van der Waals surface area contributed by atoms with E-state index in [0.717, 1.165) is 5.75 Å². The molecule has 1 aromatic carbocycles. The Morgan fingerprint density at radius 3 is 2.55 bits per heavy atom. The van der Waals surface area contributed by atoms with Crippen LogP contribution >= 0.6 is 0 Å². The predicted molar refractivity (Wildman–Crippen MR) is 43.1 cm³/mol. The third-order valence-corrected chi connectivity index (χ3v) is 1.15. The maximum Gasteiger partial charge on any atom is 0.276 e. The molecule has 0 bridgehead atoms. The van der Waals surface area contributed by atoms with Gasteiger partial charge in [0, 0.05) is 0 Å². The van der Waals surface area contributed by atoms with Gasteiger partial charge in [-0.3, -0.25) is 11.1 Å². The van der Waals surface area contributed by atoms with Crippen LogP contribution in [0.25, 0.3) is 0 Å². The summed E-state index contributed by atoms with van der Waals surface area (Å²) in [5.41, 5.74) is 5.21. The summed E-state index contributed by atoms with van der Waals surface area (Å²) in [6.07, 6.45) is 0. The summed E-state index contributed by atoms with van der Waals surface area (Å²) in [5.74, 6) is 1.06. The smallest absolute Gasteiger partial charge is 0.276 e. The quantitative estimate of drug-likeness (QED) is 0.438. The van der Waals surface area contributed by atoms with Gasteiger partial charge in [-0.2, -0.15) is 0 Å². The average molecular weight is 151 g/mol. The van der Waals surface area contributed by atoms with E-state index in [4.69, 9.17) is 15.9 Å². The van der Waals surface area contributed by atoms with E-state index in [0.29, 0.717) is 0 Å². The summed E-state index contributed by atoms with van der Waals surface area (Å²) < 4.78 is 5.18. The molecule has 4 N–H and O–H groups in total. The minimum atomic E-state index is 0.268. The molecular weight excluding hydrogens is 140 g/mol. The van der Waals surface area contributed by atoms with Crippen LogP contribution in [-0.2, 0) is 0 Å². The molecule has 3 nitrogen and oxygen atoms in total. The summed E-state index contributed by atoms with van der Waals surface area (Å²) in [4.78, 5) is 0. The molecule has 1 aromatic rings. The number of ether oxygens (including phenoxy) is 1. The SMILES string of the molecule is NC(=[NH2+])COc1ccccc1. The highest BCUT2D eigenvalue weighted by Crippen LogP contribution is 2.06. The molecule has 0 aliphatic rings. The molecule has 11 heavy (non-hydrogen) atoms. The second-order valence-corrected chi connectivity index (χ2v) is 2.18. The van der Waals surface area contributed by atoms with Gasteiger partial charge in [-0.1, -0.05) is 18.2 Å². The first kappa shape index (κ1) is 7.60. The van der Waals surface area contributed by atoms with Gasteiger partial charge in [0.1, 0.15) is 5.75 Å². The molecule has 0 aliphatic carbocycles. The molecular formula is C8H11N2O+. The highest BCUT2D eigenvalue weighted by Gasteiger charge is 1.95. The summed E-state index contributed by atoms with van der Waals surface area (Å²) in [7, 11) is 0. The summed E-state index contributed by atoms with van der Waals surface area (Å²) in [5, 5.41) is 5.21. The van der Waals surface area contributed by atoms with Crippen LogP contribution in [0.1, 0.15) is 0 Å². The number of para-hydroxylation sites is 1. The van der Waals surface area contributed by atoms with Crippen molar-refractivity contribution in [3.63, 3.8) is 0 Å². The van der Waals surface area contributed by atoms with Crippen molar-refractivity contribution >= 4 is 5.84 Å². The van der Waals surface area contributed by atoms with E-state index in [-0.39, 0.29) is 12.4 Å². The van der Waals surface area contributed by atoms with Gasteiger partial charge >= 0.3 is 0 Å². The lowest BCUT2D eigenvalue weighted by Crippen LogP contribution is -2.49. The maximum absolute atomic E-state index is 5.21. The van der Waals surface area contributed by atoms with Gasteiger partial charge < -0.3 is 4.74 Å². The Morgan fingerprint density at radius 2 is 2.00 bits per heavy atom. The molecule has 1 rings (SSSR count). The molecule has 0 aromatic heterocycles. The number of hydrogen-bond acceptors (Lipinski definition) is 1. The molecule has 0 aliphatic heterocycles. The number of hydrogen-bond donors (Lipinski definition) is 2. The van der Waals surface area contributed by atoms with E-state index in [1.807, 2.05) is 30.3 Å². The zero-order valence-corrected chi connectivity index (χ0v) is 6.16. The zero-order valence-electron chi connectivity index (χ0n) is 6.16. The Kier molecular flexibility index (Phi) is 2.49. The summed E-state index contributed by atoms with van der Waals surface area (Å²) >= 11 is 0. The highest BCUT2D eigenvalue weighted by molar-refractivity contribution is 5.75. The fourth-order valence-electron chi connectivity index (χ4n) is 0.683. The van der Waals surface area contributed by atoms with E-state index in [2.05, 4.69) is 0 Å². The lowest BCUT2D eigenvalue weighted by molar-refractivity contribution is -0.119. The van der Waals surface area contributed by atoms with Crippen LogP contribution in [0.2, 0.25) is 0 Å². The van der Waals surface area contributed by atoms with Crippen molar-refractivity contribution < 1.29 is 10.1 Å². The van der Waals surface area contributed by atoms with Crippen LogP contribution in [0.4, 0.5) is 0 Å². The van der Waals surface area contributed by atoms with E-state index < -0.39 is 0 Å². The number of rotatable bonds is 3. The summed E-state index contributed by atoms with van der Waals surface area (Å²) in [6, 6.07) is 9.40. The van der Waals surface area contributed by atoms with Gasteiger partial charge in [0.25, 0.3) is 5.84 Å². The van der Waals surface area contributed by atoms with Crippen LogP contribution in [0.15, 0.2) is 30.3 Å². The first-order valence-electron chi connectivity index (χ1n) is 3.33. The van der Waals surface area contributed by atoms with Crippen molar-refractivity contribution in [3.8, 4) is 5.75 Å². The van der Waals surface area contributed by atoms with Crippen LogP contribution in [-0.4, -0.2) is 12.4 Å². The fourth-order valence-corrected chi connectivity index (χ4v) is 0.683. The molecule has 0 fully saturated rings. The average Bonchev–Trinajstić information content (AvgIpc) is 2.03. The van der Waals surface area contributed by atoms with E-state index in [1.165, 1.54) is 0 Å². The standard InChI is InChI=1S/C8H10N2O/c9-8(10)6-11-7-4-2-1-3-5-7/h1-5H,6H2,(H3,9,10)/p+1. The molecule has 0 unspecified atom stereocenters. The van der Waals surface area contributed by atoms with Crippen molar-refractivity contribution in [1.29, 1.82) is 0 Å². The number of benzene rings is 1. The number of nitrogens with two attached hydrogens (primary N) is 2. The van der Waals surface area contributed by atoms with Crippen LogP contribution in [0, 0.1) is 0 Å². The second kappa shape index (κ2) is 3.61. The Balaban J connectivity index is 2.45. The van der Waals surface area contributed by atoms with Crippen molar-refractivity contribution in [2.45, 2.75) is 0 Å². The monoisotopic (exact) mass is 151 g/mol. The Morgan fingerprint density at radius 1 is 1.36 bits per heavy atom. The number of amidine groups is 1. The molecule has 0 radical (unpaired) electrons. The lowest BCUT2D eigenvalue weighted by Gasteiger charge is -2.00. The normalized spacial score (nSPS) is 9.09. The Bertz CT molecular complexity index is 233. The minimum Gasteiger partial charge on any atom is -0.481 e. The Labute approximate surface area is 65.3 Å². The van der Waals surface area contributed by atoms with Gasteiger partial charge in [0.15, 0.2) is 6.61 Å². The van der Waals surface area contributed by atoms with E-state index in [9.17, 15) is 0 Å². The van der Waals surface area contributed by atoms with Crippen molar-refractivity contribution in [1.82, 2.24) is 0 Å². The maximum atomic E-state index is 5.21. The largest absolute Gasteiger partial charge is 0.481 e. The van der Waals surface area contributed by atoms with Crippen molar-refractivity contribution in [3.05, 3.63) is 30.3 Å². The van der Waals surface area contributed by atoms with E-state index >= 15 is 0 Å². The summed E-state index contributed by atoms with van der Waals surface area (Å²) in [6.45, 7) is 0.268. The van der Waals surface area contributed by atoms with E-state index in [1.54, 1.807) is 0 Å². The van der Waals surface area contributed by atoms with Crippen LogP contribution in [0.5, 0.6) is 5.75 Å². The van der Waals surface area contributed by atoms with Crippen LogP contribution in [0.3, 0.4) is 0 Å². The van der Waals surface area contributed by atoms with Gasteiger partial charge in [-0.05, 0) is 12.1 Å². The van der Waals surface area contributed by atoms with Gasteiger partial charge in [0.05, 0.1) is 0 Å². The fraction of sp³-hybridized carbons (Fsp3) is 0.125. The molecule has 3 heteroatoms. The van der Waals surface area contributed by atoms with Gasteiger partial charge in [-0.25, -0.2) is 0 Å². The van der Waals surface area contributed by atoms with Crippen molar-refractivity contribution in [2.75, 3.05) is 6.61 Å². The van der Waals surface area contributed by atoms with Crippen LogP contribution < -0.4 is 15.9 Å². The first-order valence-corrected chi connectivity index (χ1v) is 3.33. The second-order valence-electron chi connectivity index (χ2n) is 2.18. The van der Waals surface area contributed by atoms with Gasteiger partial charge in [0.2, 0.25) is 0 Å². The molecule has 0 saturated heterocycles. The first-order chi connectivity index (χ1) is 5.29. The zero-order chi connectivity index (χ0) is 8.10. The molecule has 0 atom stereocenters. The third kappa shape index (κ3) is 2.71. The van der Waals surface area contributed by atoms with Gasteiger partial charge in [-0.15, -0.1) is 0 Å². The van der Waals surface area contributed by atoms with Crippen molar-refractivity contribution in [2.24, 2.45) is 5.73 Å². The molecule has 58 valence electrons. The topological polar surface area (TPSA) is 60.8 Å². The Hall–Kier alpha value is -1.51. The third-order valence-electron chi connectivity index (χ3n) is 1.15.